The number of carbonyl (C=O) groups excluding carboxylic acids is 1. The number of sulfonamides is 1. The van der Waals surface area contributed by atoms with Crippen LogP contribution in [-0.2, 0) is 10.0 Å². The molecule has 2 heterocycles. The van der Waals surface area contributed by atoms with Crippen LogP contribution in [-0.4, -0.2) is 38.0 Å². The number of guanidine groups is 1. The molecule has 140 valence electrons. The van der Waals surface area contributed by atoms with Gasteiger partial charge in [-0.3, -0.25) is 0 Å². The van der Waals surface area contributed by atoms with Crippen LogP contribution in [0.4, 0.5) is 16.2 Å². The van der Waals surface area contributed by atoms with Gasteiger partial charge in [-0.2, -0.15) is 0 Å². The summed E-state index contributed by atoms with van der Waals surface area (Å²) in [7, 11) is -2.29. The van der Waals surface area contributed by atoms with E-state index in [-0.39, 0.29) is 16.9 Å². The molecule has 4 rings (SSSR count). The van der Waals surface area contributed by atoms with E-state index in [4.69, 9.17) is 0 Å². The van der Waals surface area contributed by atoms with Crippen molar-refractivity contribution in [3.63, 3.8) is 0 Å². The van der Waals surface area contributed by atoms with Crippen molar-refractivity contribution in [1.29, 1.82) is 0 Å². The van der Waals surface area contributed by atoms with Crippen molar-refractivity contribution >= 4 is 33.4 Å². The lowest BCUT2D eigenvalue weighted by molar-refractivity contribution is 0.164. The molecule has 2 aliphatic heterocycles. The third kappa shape index (κ3) is 2.43. The van der Waals surface area contributed by atoms with Gasteiger partial charge in [-0.25, -0.2) is 27.4 Å². The van der Waals surface area contributed by atoms with Crippen LogP contribution in [0, 0.1) is 6.92 Å². The normalized spacial score (nSPS) is 18.3. The second-order valence-electron chi connectivity index (χ2n) is 7.15. The predicted octanol–water partition coefficient (Wildman–Crippen LogP) is 3.17. The van der Waals surface area contributed by atoms with Crippen LogP contribution in [0.1, 0.15) is 19.4 Å². The zero-order valence-electron chi connectivity index (χ0n) is 15.5. The highest BCUT2D eigenvalue weighted by molar-refractivity contribution is 7.93. The molecule has 0 saturated carbocycles. The summed E-state index contributed by atoms with van der Waals surface area (Å²) in [6.07, 6.45) is 0. The van der Waals surface area contributed by atoms with Crippen molar-refractivity contribution in [2.24, 2.45) is 4.99 Å². The Balaban J connectivity index is 1.97. The Kier molecular flexibility index (Phi) is 3.61. The summed E-state index contributed by atoms with van der Waals surface area (Å²) in [6.45, 7) is 5.44. The van der Waals surface area contributed by atoms with Gasteiger partial charge in [0.05, 0.1) is 16.3 Å². The largest absolute Gasteiger partial charge is 0.333 e. The maximum atomic E-state index is 13.5. The Labute approximate surface area is 158 Å². The summed E-state index contributed by atoms with van der Waals surface area (Å²) < 4.78 is 28.1. The number of rotatable bonds is 2. The van der Waals surface area contributed by atoms with E-state index in [9.17, 15) is 13.2 Å². The van der Waals surface area contributed by atoms with Gasteiger partial charge in [-0.1, -0.05) is 29.8 Å². The summed E-state index contributed by atoms with van der Waals surface area (Å²) in [4.78, 5) is 20.6. The average Bonchev–Trinajstić information content (AvgIpc) is 2.94. The van der Waals surface area contributed by atoms with E-state index in [2.05, 4.69) is 4.99 Å². The molecule has 0 radical (unpaired) electrons. The molecule has 2 aliphatic rings. The van der Waals surface area contributed by atoms with Crippen LogP contribution < -0.4 is 9.21 Å². The van der Waals surface area contributed by atoms with Gasteiger partial charge in [0.2, 0.25) is 5.96 Å². The maximum Gasteiger partial charge on any atom is 0.333 e. The molecule has 27 heavy (non-hydrogen) atoms. The molecule has 0 aromatic heterocycles. The van der Waals surface area contributed by atoms with E-state index >= 15 is 0 Å². The first-order chi connectivity index (χ1) is 12.6. The van der Waals surface area contributed by atoms with Gasteiger partial charge in [-0.15, -0.1) is 0 Å². The molecule has 0 unspecified atom stereocenters. The number of para-hydroxylation sites is 2. The molecule has 0 spiro atoms. The lowest BCUT2D eigenvalue weighted by Crippen LogP contribution is -2.59. The van der Waals surface area contributed by atoms with Gasteiger partial charge in [0.1, 0.15) is 5.66 Å². The Morgan fingerprint density at radius 2 is 1.56 bits per heavy atom. The van der Waals surface area contributed by atoms with E-state index < -0.39 is 15.7 Å². The summed E-state index contributed by atoms with van der Waals surface area (Å²) in [5.74, 6) is 0.102. The summed E-state index contributed by atoms with van der Waals surface area (Å²) in [5, 5.41) is 0. The fourth-order valence-corrected chi connectivity index (χ4v) is 4.61. The molecule has 2 amide bonds. The minimum atomic E-state index is -3.94. The van der Waals surface area contributed by atoms with E-state index in [0.29, 0.717) is 11.4 Å². The van der Waals surface area contributed by atoms with Gasteiger partial charge in [0.25, 0.3) is 10.0 Å². The van der Waals surface area contributed by atoms with Gasteiger partial charge in [-0.05, 0) is 45.0 Å². The van der Waals surface area contributed by atoms with Crippen molar-refractivity contribution in [2.75, 3.05) is 16.3 Å². The molecule has 0 aliphatic carbocycles. The third-order valence-corrected chi connectivity index (χ3v) is 6.66. The number of aryl methyl sites for hydroxylation is 1. The van der Waals surface area contributed by atoms with Crippen LogP contribution >= 0.6 is 0 Å². The fourth-order valence-electron chi connectivity index (χ4n) is 3.17. The Bertz CT molecular complexity index is 1070. The average molecular weight is 384 g/mol. The molecule has 0 bridgehead atoms. The highest BCUT2D eigenvalue weighted by Gasteiger charge is 2.50. The number of carbonyl (C=O) groups is 1. The molecule has 0 atom stereocenters. The van der Waals surface area contributed by atoms with Crippen LogP contribution in [0.3, 0.4) is 0 Å². The summed E-state index contributed by atoms with van der Waals surface area (Å²) >= 11 is 0. The minimum absolute atomic E-state index is 0.102. The molecular formula is C19H20N4O3S. The smallest absolute Gasteiger partial charge is 0.302 e. The molecular weight excluding hydrogens is 364 g/mol. The Morgan fingerprint density at radius 3 is 2.19 bits per heavy atom. The fraction of sp³-hybridized carbons (Fsp3) is 0.263. The lowest BCUT2D eigenvalue weighted by atomic mass is 10.2. The van der Waals surface area contributed by atoms with Crippen molar-refractivity contribution in [1.82, 2.24) is 4.90 Å². The number of fused-ring (bicyclic) bond motifs is 3. The van der Waals surface area contributed by atoms with Crippen LogP contribution in [0.2, 0.25) is 0 Å². The topological polar surface area (TPSA) is 73.3 Å². The minimum Gasteiger partial charge on any atom is -0.302 e. The first-order valence-electron chi connectivity index (χ1n) is 8.53. The van der Waals surface area contributed by atoms with Gasteiger partial charge in [0, 0.05) is 7.05 Å². The van der Waals surface area contributed by atoms with Crippen molar-refractivity contribution in [2.45, 2.75) is 31.3 Å². The molecule has 0 saturated heterocycles. The lowest BCUT2D eigenvalue weighted by Gasteiger charge is -2.40. The van der Waals surface area contributed by atoms with E-state index in [1.165, 1.54) is 14.1 Å². The van der Waals surface area contributed by atoms with Gasteiger partial charge >= 0.3 is 6.03 Å². The highest BCUT2D eigenvalue weighted by atomic mass is 32.2. The van der Waals surface area contributed by atoms with E-state index in [1.54, 1.807) is 69.4 Å². The van der Waals surface area contributed by atoms with Crippen LogP contribution in [0.25, 0.3) is 0 Å². The summed E-state index contributed by atoms with van der Waals surface area (Å²) in [5.41, 5.74) is 1.01. The van der Waals surface area contributed by atoms with Crippen LogP contribution in [0.5, 0.6) is 0 Å². The Hall–Kier alpha value is -2.87. The maximum absolute atomic E-state index is 13.5. The number of anilines is 2. The zero-order chi connectivity index (χ0) is 19.6. The number of aliphatic imine (C=N–C) groups is 1. The number of amides is 2. The predicted molar refractivity (Wildman–Crippen MR) is 104 cm³/mol. The molecule has 0 fully saturated rings. The second-order valence-corrected chi connectivity index (χ2v) is 8.94. The SMILES string of the molecule is Cc1ccc(S(=O)(=O)N2C3=NC(C)(C)N(C)C(=O)N3c3ccccc32)cc1. The van der Waals surface area contributed by atoms with E-state index in [1.807, 2.05) is 6.92 Å². The molecule has 7 nitrogen and oxygen atoms in total. The number of hydrogen-bond acceptors (Lipinski definition) is 4. The highest BCUT2D eigenvalue weighted by Crippen LogP contribution is 2.43. The van der Waals surface area contributed by atoms with E-state index in [0.717, 1.165) is 5.56 Å². The monoisotopic (exact) mass is 384 g/mol. The Morgan fingerprint density at radius 1 is 0.963 bits per heavy atom. The number of urea groups is 1. The first kappa shape index (κ1) is 17.5. The van der Waals surface area contributed by atoms with Crippen molar-refractivity contribution < 1.29 is 13.2 Å². The molecule has 2 aromatic rings. The van der Waals surface area contributed by atoms with Crippen molar-refractivity contribution in [3.8, 4) is 0 Å². The first-order valence-corrected chi connectivity index (χ1v) is 9.97. The zero-order valence-corrected chi connectivity index (χ0v) is 16.4. The quantitative estimate of drug-likeness (QED) is 0.798. The van der Waals surface area contributed by atoms with Gasteiger partial charge < -0.3 is 4.90 Å². The second kappa shape index (κ2) is 5.56. The number of hydrogen-bond donors (Lipinski definition) is 0. The van der Waals surface area contributed by atoms with Gasteiger partial charge in [0.15, 0.2) is 0 Å². The number of nitrogens with zero attached hydrogens (tertiary/aromatic N) is 4. The van der Waals surface area contributed by atoms with Crippen LogP contribution in [0.15, 0.2) is 58.4 Å². The van der Waals surface area contributed by atoms with Crippen molar-refractivity contribution in [3.05, 3.63) is 54.1 Å². The summed E-state index contributed by atoms with van der Waals surface area (Å²) in [6, 6.07) is 13.2. The standard InChI is InChI=1S/C19H20N4O3S/c1-13-9-11-14(12-10-13)27(25,26)23-16-8-6-5-7-15(16)22-17(23)20-19(2,3)21(4)18(22)24/h5-12H,1-4H3. The molecule has 8 heteroatoms. The third-order valence-electron chi connectivity index (χ3n) is 4.95. The molecule has 2 aromatic carbocycles. The number of benzene rings is 2. The molecule has 0 N–H and O–H groups in total.